The van der Waals surface area contributed by atoms with Gasteiger partial charge in [-0.1, -0.05) is 32.9 Å². The number of rotatable bonds is 7. The molecule has 0 saturated carbocycles. The van der Waals surface area contributed by atoms with Gasteiger partial charge in [0.25, 0.3) is 0 Å². The third-order valence-electron chi connectivity index (χ3n) is 2.72. The van der Waals surface area contributed by atoms with E-state index in [4.69, 9.17) is 0 Å². The smallest absolute Gasteiger partial charge is 0.136 e. The van der Waals surface area contributed by atoms with Crippen LogP contribution in [0.3, 0.4) is 0 Å². The summed E-state index contributed by atoms with van der Waals surface area (Å²) in [5, 5.41) is 3.52. The van der Waals surface area contributed by atoms with Crippen LogP contribution in [0.15, 0.2) is 29.2 Å². The summed E-state index contributed by atoms with van der Waals surface area (Å²) in [6.07, 6.45) is 1.13. The van der Waals surface area contributed by atoms with E-state index in [-0.39, 0.29) is 5.82 Å². The van der Waals surface area contributed by atoms with Crippen LogP contribution in [0.4, 0.5) is 4.39 Å². The van der Waals surface area contributed by atoms with Crippen LogP contribution in [-0.4, -0.2) is 18.3 Å². The van der Waals surface area contributed by atoms with Crippen LogP contribution < -0.4 is 5.32 Å². The Labute approximate surface area is 108 Å². The van der Waals surface area contributed by atoms with Crippen LogP contribution >= 0.6 is 11.8 Å². The lowest BCUT2D eigenvalue weighted by Gasteiger charge is -2.22. The molecule has 0 aliphatic carbocycles. The molecular formula is C14H22FNS. The minimum Gasteiger partial charge on any atom is -0.313 e. The molecule has 1 aromatic carbocycles. The SMILES string of the molecule is CCCNC(CSc1ccccc1F)C(C)C. The molecule has 0 aliphatic rings. The Bertz CT molecular complexity index is 328. The molecule has 0 saturated heterocycles. The van der Waals surface area contributed by atoms with Gasteiger partial charge in [0.1, 0.15) is 5.82 Å². The lowest BCUT2D eigenvalue weighted by molar-refractivity contribution is 0.433. The van der Waals surface area contributed by atoms with Crippen molar-refractivity contribution in [1.29, 1.82) is 0 Å². The van der Waals surface area contributed by atoms with Crippen LogP contribution in [0, 0.1) is 11.7 Å². The maximum atomic E-state index is 13.5. The molecule has 1 aromatic rings. The van der Waals surface area contributed by atoms with E-state index in [1.807, 2.05) is 12.1 Å². The van der Waals surface area contributed by atoms with Crippen molar-refractivity contribution in [2.24, 2.45) is 5.92 Å². The maximum absolute atomic E-state index is 13.5. The highest BCUT2D eigenvalue weighted by molar-refractivity contribution is 7.99. The summed E-state index contributed by atoms with van der Waals surface area (Å²) in [6, 6.07) is 7.42. The third kappa shape index (κ3) is 5.09. The monoisotopic (exact) mass is 255 g/mol. The van der Waals surface area contributed by atoms with Gasteiger partial charge in [-0.25, -0.2) is 4.39 Å². The predicted octanol–water partition coefficient (Wildman–Crippen LogP) is 3.94. The van der Waals surface area contributed by atoms with E-state index in [2.05, 4.69) is 26.1 Å². The molecule has 0 fully saturated rings. The van der Waals surface area contributed by atoms with Crippen LogP contribution in [0.2, 0.25) is 0 Å². The van der Waals surface area contributed by atoms with Crippen molar-refractivity contribution in [2.45, 2.75) is 38.1 Å². The number of halogens is 1. The molecule has 1 rings (SSSR count). The van der Waals surface area contributed by atoms with Crippen molar-refractivity contribution in [1.82, 2.24) is 5.32 Å². The molecule has 0 bridgehead atoms. The van der Waals surface area contributed by atoms with Crippen molar-refractivity contribution in [3.63, 3.8) is 0 Å². The quantitative estimate of drug-likeness (QED) is 0.741. The zero-order valence-electron chi connectivity index (χ0n) is 10.9. The number of hydrogen-bond acceptors (Lipinski definition) is 2. The van der Waals surface area contributed by atoms with Crippen LogP contribution in [0.5, 0.6) is 0 Å². The van der Waals surface area contributed by atoms with Gasteiger partial charge in [0.2, 0.25) is 0 Å². The van der Waals surface area contributed by atoms with Crippen molar-refractivity contribution in [2.75, 3.05) is 12.3 Å². The predicted molar refractivity (Wildman–Crippen MR) is 74.0 cm³/mol. The number of hydrogen-bond donors (Lipinski definition) is 1. The first kappa shape index (κ1) is 14.5. The van der Waals surface area contributed by atoms with E-state index in [1.165, 1.54) is 6.07 Å². The molecule has 0 radical (unpaired) electrons. The highest BCUT2D eigenvalue weighted by Gasteiger charge is 2.13. The van der Waals surface area contributed by atoms with Gasteiger partial charge in [-0.2, -0.15) is 0 Å². The van der Waals surface area contributed by atoms with Gasteiger partial charge >= 0.3 is 0 Å². The second kappa shape index (κ2) is 7.72. The summed E-state index contributed by atoms with van der Waals surface area (Å²) in [5.74, 6) is 1.37. The average molecular weight is 255 g/mol. The summed E-state index contributed by atoms with van der Waals surface area (Å²) in [6.45, 7) is 7.60. The normalized spacial score (nSPS) is 13.0. The van der Waals surface area contributed by atoms with Crippen molar-refractivity contribution in [3.05, 3.63) is 30.1 Å². The summed E-state index contributed by atoms with van der Waals surface area (Å²) in [7, 11) is 0. The second-order valence-electron chi connectivity index (χ2n) is 4.55. The van der Waals surface area contributed by atoms with Gasteiger partial charge in [0, 0.05) is 16.7 Å². The number of nitrogens with one attached hydrogen (secondary N) is 1. The molecule has 1 atom stereocenters. The number of benzene rings is 1. The topological polar surface area (TPSA) is 12.0 Å². The highest BCUT2D eigenvalue weighted by atomic mass is 32.2. The molecule has 0 aromatic heterocycles. The van der Waals surface area contributed by atoms with Gasteiger partial charge in [-0.3, -0.25) is 0 Å². The Hall–Kier alpha value is -0.540. The van der Waals surface area contributed by atoms with Gasteiger partial charge in [0.15, 0.2) is 0 Å². The minimum atomic E-state index is -0.115. The lowest BCUT2D eigenvalue weighted by atomic mass is 10.1. The van der Waals surface area contributed by atoms with Gasteiger partial charge < -0.3 is 5.32 Å². The van der Waals surface area contributed by atoms with E-state index >= 15 is 0 Å². The molecule has 0 amide bonds. The molecule has 0 heterocycles. The van der Waals surface area contributed by atoms with E-state index in [1.54, 1.807) is 17.8 Å². The fraction of sp³-hybridized carbons (Fsp3) is 0.571. The molecule has 0 aliphatic heterocycles. The number of thioether (sulfide) groups is 1. The Balaban J connectivity index is 2.49. The maximum Gasteiger partial charge on any atom is 0.136 e. The molecule has 1 N–H and O–H groups in total. The van der Waals surface area contributed by atoms with Crippen LogP contribution in [-0.2, 0) is 0 Å². The first-order valence-corrected chi connectivity index (χ1v) is 7.24. The van der Waals surface area contributed by atoms with Crippen molar-refractivity contribution >= 4 is 11.8 Å². The first-order chi connectivity index (χ1) is 8.15. The average Bonchev–Trinajstić information content (AvgIpc) is 2.31. The largest absolute Gasteiger partial charge is 0.313 e. The Kier molecular flexibility index (Phi) is 6.60. The Morgan fingerprint density at radius 3 is 2.59 bits per heavy atom. The van der Waals surface area contributed by atoms with Crippen LogP contribution in [0.1, 0.15) is 27.2 Å². The molecule has 3 heteroatoms. The first-order valence-electron chi connectivity index (χ1n) is 6.25. The van der Waals surface area contributed by atoms with Gasteiger partial charge in [-0.15, -0.1) is 11.8 Å². The van der Waals surface area contributed by atoms with Crippen molar-refractivity contribution in [3.8, 4) is 0 Å². The van der Waals surface area contributed by atoms with E-state index in [0.29, 0.717) is 12.0 Å². The highest BCUT2D eigenvalue weighted by Crippen LogP contribution is 2.23. The fourth-order valence-electron chi connectivity index (χ4n) is 1.56. The van der Waals surface area contributed by atoms with Gasteiger partial charge in [0.05, 0.1) is 0 Å². The minimum absolute atomic E-state index is 0.115. The zero-order valence-corrected chi connectivity index (χ0v) is 11.7. The molecule has 1 nitrogen and oxygen atoms in total. The second-order valence-corrected chi connectivity index (χ2v) is 5.61. The molecule has 1 unspecified atom stereocenters. The Morgan fingerprint density at radius 1 is 1.29 bits per heavy atom. The zero-order chi connectivity index (χ0) is 12.7. The molecule has 17 heavy (non-hydrogen) atoms. The van der Waals surface area contributed by atoms with E-state index in [9.17, 15) is 4.39 Å². The Morgan fingerprint density at radius 2 is 2.00 bits per heavy atom. The summed E-state index contributed by atoms with van der Waals surface area (Å²) >= 11 is 1.60. The molecule has 96 valence electrons. The van der Waals surface area contributed by atoms with Gasteiger partial charge in [-0.05, 0) is 31.0 Å². The van der Waals surface area contributed by atoms with E-state index in [0.717, 1.165) is 23.6 Å². The van der Waals surface area contributed by atoms with E-state index < -0.39 is 0 Å². The molecular weight excluding hydrogens is 233 g/mol. The standard InChI is InChI=1S/C14H22FNS/c1-4-9-16-13(11(2)3)10-17-14-8-6-5-7-12(14)15/h5-8,11,13,16H,4,9-10H2,1-3H3. The summed E-state index contributed by atoms with van der Waals surface area (Å²) in [4.78, 5) is 0.747. The molecule has 0 spiro atoms. The van der Waals surface area contributed by atoms with Crippen molar-refractivity contribution < 1.29 is 4.39 Å². The third-order valence-corrected chi connectivity index (χ3v) is 3.88. The summed E-state index contributed by atoms with van der Waals surface area (Å²) < 4.78 is 13.5. The fourth-order valence-corrected chi connectivity index (χ4v) is 2.80. The lowest BCUT2D eigenvalue weighted by Crippen LogP contribution is -2.36. The van der Waals surface area contributed by atoms with Crippen LogP contribution in [0.25, 0.3) is 0 Å². The summed E-state index contributed by atoms with van der Waals surface area (Å²) in [5.41, 5.74) is 0.